The van der Waals surface area contributed by atoms with Gasteiger partial charge in [-0.2, -0.15) is 0 Å². The topological polar surface area (TPSA) is 72.5 Å². The molecule has 0 unspecified atom stereocenters. The van der Waals surface area contributed by atoms with E-state index in [0.717, 1.165) is 6.07 Å². The van der Waals surface area contributed by atoms with Crippen LogP contribution in [0.5, 0.6) is 5.75 Å². The molecule has 6 heteroatoms. The van der Waals surface area contributed by atoms with Crippen molar-refractivity contribution in [2.24, 2.45) is 0 Å². The van der Waals surface area contributed by atoms with E-state index >= 15 is 0 Å². The maximum absolute atomic E-state index is 13.1. The molecule has 0 saturated heterocycles. The molecule has 0 aliphatic heterocycles. The average molecular weight is 220 g/mol. The van der Waals surface area contributed by atoms with Crippen molar-refractivity contribution >= 4 is 23.3 Å². The molecule has 76 valence electrons. The van der Waals surface area contributed by atoms with Gasteiger partial charge in [0.25, 0.3) is 0 Å². The van der Waals surface area contributed by atoms with Gasteiger partial charge < -0.3 is 15.6 Å². The molecule has 4 nitrogen and oxygen atoms in total. The Bertz CT molecular complexity index is 395. The number of rotatable bonds is 2. The fourth-order valence-corrected chi connectivity index (χ4v) is 1.28. The van der Waals surface area contributed by atoms with Crippen LogP contribution in [0.3, 0.4) is 0 Å². The number of carboxylic acid groups (broad SMARTS) is 1. The number of carboxylic acids is 1. The lowest BCUT2D eigenvalue weighted by atomic mass is 10.1. The smallest absolute Gasteiger partial charge is 0.339 e. The van der Waals surface area contributed by atoms with Crippen LogP contribution in [0.15, 0.2) is 6.07 Å². The first kappa shape index (κ1) is 10.6. The van der Waals surface area contributed by atoms with Gasteiger partial charge in [-0.05, 0) is 6.07 Å². The lowest BCUT2D eigenvalue weighted by Gasteiger charge is -2.09. The Morgan fingerprint density at radius 2 is 2.29 bits per heavy atom. The number of ether oxygens (including phenoxy) is 1. The number of aromatic carboxylic acids is 1. The summed E-state index contributed by atoms with van der Waals surface area (Å²) in [4.78, 5) is 10.7. The van der Waals surface area contributed by atoms with Crippen LogP contribution in [-0.4, -0.2) is 18.2 Å². The van der Waals surface area contributed by atoms with Gasteiger partial charge in [-0.25, -0.2) is 9.18 Å². The van der Waals surface area contributed by atoms with Crippen molar-refractivity contribution in [3.63, 3.8) is 0 Å². The van der Waals surface area contributed by atoms with Gasteiger partial charge in [-0.3, -0.25) is 0 Å². The molecule has 0 heterocycles. The SMILES string of the molecule is COc1c(C(=O)O)cc(N)c(F)c1Cl. The highest BCUT2D eigenvalue weighted by molar-refractivity contribution is 6.33. The normalized spacial score (nSPS) is 9.93. The standard InChI is InChI=1S/C8H7ClFNO3/c1-14-7-3(8(12)13)2-4(11)6(10)5(7)9/h2H,11H2,1H3,(H,12,13). The van der Waals surface area contributed by atoms with Crippen LogP contribution in [0.2, 0.25) is 5.02 Å². The quantitative estimate of drug-likeness (QED) is 0.744. The Kier molecular flexibility index (Phi) is 2.81. The lowest BCUT2D eigenvalue weighted by molar-refractivity contribution is 0.0693. The van der Waals surface area contributed by atoms with E-state index in [4.69, 9.17) is 22.4 Å². The van der Waals surface area contributed by atoms with Crippen LogP contribution in [0.25, 0.3) is 0 Å². The molecule has 1 aromatic carbocycles. The van der Waals surface area contributed by atoms with Gasteiger partial charge in [0.05, 0.1) is 12.8 Å². The molecule has 0 bridgehead atoms. The zero-order valence-electron chi connectivity index (χ0n) is 7.17. The van der Waals surface area contributed by atoms with E-state index in [2.05, 4.69) is 4.74 Å². The molecule has 1 aromatic rings. The van der Waals surface area contributed by atoms with E-state index < -0.39 is 16.8 Å². The summed E-state index contributed by atoms with van der Waals surface area (Å²) in [6.07, 6.45) is 0. The third-order valence-corrected chi connectivity index (χ3v) is 1.96. The van der Waals surface area contributed by atoms with Crippen LogP contribution < -0.4 is 10.5 Å². The first-order chi connectivity index (χ1) is 6.49. The van der Waals surface area contributed by atoms with E-state index in [0.29, 0.717) is 0 Å². The summed E-state index contributed by atoms with van der Waals surface area (Å²) in [6, 6.07) is 0.961. The van der Waals surface area contributed by atoms with Crippen LogP contribution in [0.1, 0.15) is 10.4 Å². The Morgan fingerprint density at radius 1 is 1.71 bits per heavy atom. The number of hydrogen-bond donors (Lipinski definition) is 2. The van der Waals surface area contributed by atoms with Crippen molar-refractivity contribution < 1.29 is 19.0 Å². The second-order valence-corrected chi connectivity index (χ2v) is 2.86. The van der Waals surface area contributed by atoms with Crippen LogP contribution in [0.4, 0.5) is 10.1 Å². The first-order valence-corrected chi connectivity index (χ1v) is 3.91. The monoisotopic (exact) mass is 219 g/mol. The molecule has 0 fully saturated rings. The van der Waals surface area contributed by atoms with Crippen molar-refractivity contribution in [1.29, 1.82) is 0 Å². The highest BCUT2D eigenvalue weighted by atomic mass is 35.5. The van der Waals surface area contributed by atoms with Gasteiger partial charge in [-0.15, -0.1) is 0 Å². The van der Waals surface area contributed by atoms with Crippen molar-refractivity contribution in [1.82, 2.24) is 0 Å². The van der Waals surface area contributed by atoms with Crippen molar-refractivity contribution in [2.45, 2.75) is 0 Å². The van der Waals surface area contributed by atoms with Crippen LogP contribution in [0, 0.1) is 5.82 Å². The predicted molar refractivity (Wildman–Crippen MR) is 49.3 cm³/mol. The fourth-order valence-electron chi connectivity index (χ4n) is 0.987. The molecule has 3 N–H and O–H groups in total. The number of benzene rings is 1. The minimum Gasteiger partial charge on any atom is -0.494 e. The summed E-state index contributed by atoms with van der Waals surface area (Å²) in [6.45, 7) is 0. The first-order valence-electron chi connectivity index (χ1n) is 3.53. The van der Waals surface area contributed by atoms with Gasteiger partial charge in [0.1, 0.15) is 10.6 Å². The second-order valence-electron chi connectivity index (χ2n) is 2.48. The van der Waals surface area contributed by atoms with E-state index in [-0.39, 0.29) is 17.0 Å². The average Bonchev–Trinajstić information content (AvgIpc) is 2.13. The zero-order chi connectivity index (χ0) is 10.9. The van der Waals surface area contributed by atoms with Gasteiger partial charge in [0.15, 0.2) is 11.6 Å². The van der Waals surface area contributed by atoms with Crippen molar-refractivity contribution in [3.8, 4) is 5.75 Å². The third kappa shape index (κ3) is 1.58. The molecule has 14 heavy (non-hydrogen) atoms. The van der Waals surface area contributed by atoms with Gasteiger partial charge in [-0.1, -0.05) is 11.6 Å². The summed E-state index contributed by atoms with van der Waals surface area (Å²) in [5.41, 5.74) is 4.61. The van der Waals surface area contributed by atoms with Gasteiger partial charge in [0.2, 0.25) is 0 Å². The maximum atomic E-state index is 13.1. The minimum absolute atomic E-state index is 0.231. The molecule has 0 saturated carbocycles. The maximum Gasteiger partial charge on any atom is 0.339 e. The predicted octanol–water partition coefficient (Wildman–Crippen LogP) is 1.77. The number of nitrogen functional groups attached to an aromatic ring is 1. The van der Waals surface area contributed by atoms with Gasteiger partial charge >= 0.3 is 5.97 Å². The highest BCUT2D eigenvalue weighted by Gasteiger charge is 2.20. The summed E-state index contributed by atoms with van der Waals surface area (Å²) in [7, 11) is 1.20. The largest absolute Gasteiger partial charge is 0.494 e. The summed E-state index contributed by atoms with van der Waals surface area (Å²) in [5.74, 6) is -2.39. The molecule has 0 aliphatic rings. The molecular formula is C8H7ClFNO3. The molecule has 0 aliphatic carbocycles. The van der Waals surface area contributed by atoms with Crippen molar-refractivity contribution in [3.05, 3.63) is 22.5 Å². The Morgan fingerprint density at radius 3 is 2.71 bits per heavy atom. The van der Waals surface area contributed by atoms with Crippen molar-refractivity contribution in [2.75, 3.05) is 12.8 Å². The molecule has 0 spiro atoms. The summed E-state index contributed by atoms with van der Waals surface area (Å²) >= 11 is 5.50. The van der Waals surface area contributed by atoms with Crippen LogP contribution in [-0.2, 0) is 0 Å². The number of halogens is 2. The Hall–Kier alpha value is -1.49. The van der Waals surface area contributed by atoms with E-state index in [1.165, 1.54) is 7.11 Å². The molecule has 0 aromatic heterocycles. The third-order valence-electron chi connectivity index (χ3n) is 1.62. The fraction of sp³-hybridized carbons (Fsp3) is 0.125. The Labute approximate surface area is 84.0 Å². The lowest BCUT2D eigenvalue weighted by Crippen LogP contribution is -2.04. The van der Waals surface area contributed by atoms with Crippen LogP contribution >= 0.6 is 11.6 Å². The minimum atomic E-state index is -1.28. The number of carbonyl (C=O) groups is 1. The van der Waals surface area contributed by atoms with Gasteiger partial charge in [0, 0.05) is 0 Å². The Balaban J connectivity index is 3.51. The molecule has 0 atom stereocenters. The van der Waals surface area contributed by atoms with E-state index in [1.807, 2.05) is 0 Å². The number of nitrogens with two attached hydrogens (primary N) is 1. The number of hydrogen-bond acceptors (Lipinski definition) is 3. The highest BCUT2D eigenvalue weighted by Crippen LogP contribution is 2.34. The zero-order valence-corrected chi connectivity index (χ0v) is 7.93. The van der Waals surface area contributed by atoms with E-state index in [9.17, 15) is 9.18 Å². The molecule has 0 radical (unpaired) electrons. The molecule has 0 amide bonds. The second kappa shape index (κ2) is 3.71. The number of anilines is 1. The molecule has 1 rings (SSSR count). The van der Waals surface area contributed by atoms with E-state index in [1.54, 1.807) is 0 Å². The molecular weight excluding hydrogens is 213 g/mol. The summed E-state index contributed by atoms with van der Waals surface area (Å²) in [5, 5.41) is 8.29. The number of methoxy groups -OCH3 is 1. The summed E-state index contributed by atoms with van der Waals surface area (Å²) < 4.78 is 17.8.